The molecule has 0 bridgehead atoms. The summed E-state index contributed by atoms with van der Waals surface area (Å²) in [5, 5.41) is 160. The SMILES string of the molecule is O=C([O-])[C@@H](O)[C@H](O)[C@@H](O)[C@H](O)CO.O=C([O-])[C@@H](O)[C@H](O)[C@@H](O)[C@H](O)CO.O=C([O-])[C@@H](O)[C@H](O)[C@@H](O)[C@H](O)CO.[Cr+3]. The van der Waals surface area contributed by atoms with Crippen LogP contribution in [0.25, 0.3) is 0 Å². The van der Waals surface area contributed by atoms with Gasteiger partial charge in [-0.2, -0.15) is 0 Å². The molecule has 237 valence electrons. The van der Waals surface area contributed by atoms with Gasteiger partial charge in [0.2, 0.25) is 0 Å². The summed E-state index contributed by atoms with van der Waals surface area (Å²) in [5.74, 6) is -5.93. The van der Waals surface area contributed by atoms with Gasteiger partial charge in [0, 0.05) is 0 Å². The van der Waals surface area contributed by atoms with E-state index in [-0.39, 0.29) is 17.4 Å². The zero-order valence-corrected chi connectivity index (χ0v) is 21.4. The van der Waals surface area contributed by atoms with E-state index in [1.54, 1.807) is 0 Å². The van der Waals surface area contributed by atoms with E-state index in [0.29, 0.717) is 0 Å². The van der Waals surface area contributed by atoms with Crippen molar-refractivity contribution < 1.29 is 124 Å². The fraction of sp³-hybridized carbons (Fsp3) is 0.833. The molecule has 0 aromatic carbocycles. The molecule has 0 amide bonds. The fourth-order valence-corrected chi connectivity index (χ4v) is 1.99. The minimum Gasteiger partial charge on any atom is -0.547 e. The summed E-state index contributed by atoms with van der Waals surface area (Å²) in [5.41, 5.74) is 0. The van der Waals surface area contributed by atoms with Crippen LogP contribution in [0, 0.1) is 0 Å². The number of carbonyl (C=O) groups is 3. The van der Waals surface area contributed by atoms with E-state index in [1.807, 2.05) is 0 Å². The van der Waals surface area contributed by atoms with E-state index in [4.69, 9.17) is 76.6 Å². The summed E-state index contributed by atoms with van der Waals surface area (Å²) < 4.78 is 0. The maximum Gasteiger partial charge on any atom is 3.00 e. The third kappa shape index (κ3) is 16.6. The van der Waals surface area contributed by atoms with Gasteiger partial charge in [0.25, 0.3) is 0 Å². The van der Waals surface area contributed by atoms with Crippen LogP contribution in [0.15, 0.2) is 0 Å². The smallest absolute Gasteiger partial charge is 0.547 e. The van der Waals surface area contributed by atoms with Crippen molar-refractivity contribution in [3.8, 4) is 0 Å². The standard InChI is InChI=1S/3C6H12O7.Cr/c3*7-1-2(8)3(9)4(10)5(11)6(12)13;/h3*2-5,7-11H,1H2,(H,12,13);/q;;;+3/p-3/t3*2-,3+,4-,5+;/m111./s1. The van der Waals surface area contributed by atoms with E-state index in [1.165, 1.54) is 0 Å². The van der Waals surface area contributed by atoms with E-state index < -0.39 is 111 Å². The first-order chi connectivity index (χ1) is 17.7. The Balaban J connectivity index is -0.000000240. The Morgan fingerprint density at radius 1 is 0.400 bits per heavy atom. The molecule has 15 N–H and O–H groups in total. The van der Waals surface area contributed by atoms with Gasteiger partial charge in [0.05, 0.1) is 37.7 Å². The number of carboxylic acid groups (broad SMARTS) is 3. The number of aliphatic hydroxyl groups excluding tert-OH is 15. The predicted octanol–water partition coefficient (Wildman–Crippen LogP) is -14.5. The molecule has 0 rings (SSSR count). The summed E-state index contributed by atoms with van der Waals surface area (Å²) in [7, 11) is 0. The van der Waals surface area contributed by atoms with Gasteiger partial charge >= 0.3 is 17.4 Å². The van der Waals surface area contributed by atoms with Crippen molar-refractivity contribution in [2.45, 2.75) is 73.2 Å². The summed E-state index contributed by atoms with van der Waals surface area (Å²) in [6, 6.07) is 0. The fourth-order valence-electron chi connectivity index (χ4n) is 1.99. The molecule has 21 nitrogen and oxygen atoms in total. The van der Waals surface area contributed by atoms with Gasteiger partial charge in [-0.3, -0.25) is 0 Å². The average molecular weight is 637 g/mol. The first-order valence-corrected chi connectivity index (χ1v) is 10.4. The molecule has 40 heavy (non-hydrogen) atoms. The van der Waals surface area contributed by atoms with Crippen LogP contribution >= 0.6 is 0 Å². The molecule has 12 atom stereocenters. The molecule has 0 unspecified atom stereocenters. The number of hydrogen-bond donors (Lipinski definition) is 15. The van der Waals surface area contributed by atoms with Crippen LogP contribution in [0.5, 0.6) is 0 Å². The van der Waals surface area contributed by atoms with Gasteiger partial charge < -0.3 is 106 Å². The van der Waals surface area contributed by atoms with Crippen LogP contribution in [0.2, 0.25) is 0 Å². The zero-order chi connectivity index (χ0) is 31.8. The Hall–Kier alpha value is -1.66. The first-order valence-electron chi connectivity index (χ1n) is 10.4. The van der Waals surface area contributed by atoms with Gasteiger partial charge in [0.1, 0.15) is 73.2 Å². The second-order valence-corrected chi connectivity index (χ2v) is 7.48. The van der Waals surface area contributed by atoms with Gasteiger partial charge in [-0.05, 0) is 0 Å². The van der Waals surface area contributed by atoms with Crippen molar-refractivity contribution >= 4 is 17.9 Å². The van der Waals surface area contributed by atoms with E-state index >= 15 is 0 Å². The number of carbonyl (C=O) groups excluding carboxylic acids is 3. The van der Waals surface area contributed by atoms with Crippen LogP contribution in [0.1, 0.15) is 0 Å². The van der Waals surface area contributed by atoms with E-state index in [2.05, 4.69) is 0 Å². The first kappa shape index (κ1) is 45.3. The van der Waals surface area contributed by atoms with Gasteiger partial charge in [-0.15, -0.1) is 0 Å². The van der Waals surface area contributed by atoms with E-state index in [9.17, 15) is 29.7 Å². The molecule has 0 aliphatic carbocycles. The second kappa shape index (κ2) is 23.0. The number of rotatable bonds is 15. The molecule has 0 aliphatic heterocycles. The van der Waals surface area contributed by atoms with Crippen LogP contribution in [0.4, 0.5) is 0 Å². The van der Waals surface area contributed by atoms with Gasteiger partial charge in [-0.1, -0.05) is 0 Å². The topological polar surface area (TPSA) is 424 Å². The van der Waals surface area contributed by atoms with Crippen molar-refractivity contribution in [2.75, 3.05) is 19.8 Å². The Morgan fingerprint density at radius 2 is 0.550 bits per heavy atom. The van der Waals surface area contributed by atoms with Crippen LogP contribution in [-0.4, -0.2) is 188 Å². The Kier molecular flexibility index (Phi) is 26.0. The van der Waals surface area contributed by atoms with Crippen molar-refractivity contribution in [2.24, 2.45) is 0 Å². The number of aliphatic hydroxyl groups is 15. The minimum absolute atomic E-state index is 0. The zero-order valence-electron chi connectivity index (χ0n) is 20.1. The Bertz CT molecular complexity index is 608. The third-order valence-electron chi connectivity index (χ3n) is 4.49. The number of aliphatic carboxylic acids is 3. The van der Waals surface area contributed by atoms with Crippen molar-refractivity contribution in [3.05, 3.63) is 0 Å². The molecule has 0 aliphatic rings. The van der Waals surface area contributed by atoms with Gasteiger partial charge in [0.15, 0.2) is 0 Å². The molecule has 22 heteroatoms. The third-order valence-corrected chi connectivity index (χ3v) is 4.49. The summed E-state index contributed by atoms with van der Waals surface area (Å²) >= 11 is 0. The molecule has 0 fully saturated rings. The van der Waals surface area contributed by atoms with Crippen LogP contribution < -0.4 is 15.3 Å². The molecule has 1 radical (unpaired) electrons. The quantitative estimate of drug-likeness (QED) is 0.0792. The molecular formula is C18H33CrO21. The van der Waals surface area contributed by atoms with E-state index in [0.717, 1.165) is 0 Å². The molecule has 0 aromatic rings. The maximum atomic E-state index is 9.98. The molecule has 0 saturated heterocycles. The summed E-state index contributed by atoms with van der Waals surface area (Å²) in [6.45, 7) is -2.59. The molecule has 0 saturated carbocycles. The molecule has 0 aromatic heterocycles. The monoisotopic (exact) mass is 637 g/mol. The Labute approximate surface area is 235 Å². The second-order valence-electron chi connectivity index (χ2n) is 7.48. The molecule has 0 spiro atoms. The van der Waals surface area contributed by atoms with Crippen molar-refractivity contribution in [1.29, 1.82) is 0 Å². The van der Waals surface area contributed by atoms with Gasteiger partial charge in [-0.25, -0.2) is 0 Å². The van der Waals surface area contributed by atoms with Crippen molar-refractivity contribution in [3.63, 3.8) is 0 Å². The van der Waals surface area contributed by atoms with Crippen LogP contribution in [-0.2, 0) is 31.7 Å². The minimum atomic E-state index is -2.31. The summed E-state index contributed by atoms with van der Waals surface area (Å²) in [6.07, 6.45) is -24.2. The van der Waals surface area contributed by atoms with Crippen LogP contribution in [0.3, 0.4) is 0 Å². The largest absolute Gasteiger partial charge is 3.00 e. The molecular weight excluding hydrogens is 604 g/mol. The normalized spacial score (nSPS) is 19.9. The predicted molar refractivity (Wildman–Crippen MR) is 108 cm³/mol. The number of hydrogen-bond acceptors (Lipinski definition) is 21. The average Bonchev–Trinajstić information content (AvgIpc) is 2.92. The molecule has 0 heterocycles. The Morgan fingerprint density at radius 3 is 0.650 bits per heavy atom. The maximum absolute atomic E-state index is 9.98. The summed E-state index contributed by atoms with van der Waals surface area (Å²) in [4.78, 5) is 29.9. The number of carboxylic acids is 3. The van der Waals surface area contributed by atoms with Crippen molar-refractivity contribution in [1.82, 2.24) is 0 Å².